The number of halogens is 1. The fraction of sp³-hybridized carbons (Fsp3) is 0.538. The van der Waals surface area contributed by atoms with E-state index >= 15 is 0 Å². The van der Waals surface area contributed by atoms with Crippen molar-refractivity contribution < 1.29 is 9.84 Å². The van der Waals surface area contributed by atoms with E-state index in [1.54, 1.807) is 13.2 Å². The van der Waals surface area contributed by atoms with Crippen LogP contribution in [-0.4, -0.2) is 49.8 Å². The highest BCUT2D eigenvalue weighted by molar-refractivity contribution is 9.10. The Balaban J connectivity index is 2.03. The molecule has 2 rings (SSSR count). The monoisotopic (exact) mass is 314 g/mol. The average molecular weight is 315 g/mol. The molecule has 0 aromatic heterocycles. The Morgan fingerprint density at radius 2 is 2.11 bits per heavy atom. The Hall–Kier alpha value is -0.780. The molecular formula is C13H19BrN2O2. The molecule has 0 saturated carbocycles. The highest BCUT2D eigenvalue weighted by Crippen LogP contribution is 2.35. The largest absolute Gasteiger partial charge is 0.504 e. The highest BCUT2D eigenvalue weighted by Gasteiger charge is 2.14. The Bertz CT molecular complexity index is 406. The number of nitrogens with zero attached hydrogens (tertiary/aromatic N) is 1. The Labute approximate surface area is 116 Å². The predicted octanol–water partition coefficient (Wildman–Crippen LogP) is 1.61. The van der Waals surface area contributed by atoms with Crippen molar-refractivity contribution in [2.45, 2.75) is 6.42 Å². The summed E-state index contributed by atoms with van der Waals surface area (Å²) in [7, 11) is 1.57. The minimum absolute atomic E-state index is 0.252. The summed E-state index contributed by atoms with van der Waals surface area (Å²) in [4.78, 5) is 2.40. The summed E-state index contributed by atoms with van der Waals surface area (Å²) in [6.07, 6.45) is 0.823. The number of benzene rings is 1. The van der Waals surface area contributed by atoms with Gasteiger partial charge in [0.1, 0.15) is 0 Å². The van der Waals surface area contributed by atoms with Crippen LogP contribution in [0.1, 0.15) is 5.56 Å². The summed E-state index contributed by atoms with van der Waals surface area (Å²) in [5.74, 6) is 0.788. The van der Waals surface area contributed by atoms with Gasteiger partial charge < -0.3 is 20.1 Å². The molecule has 1 aromatic rings. The molecule has 0 radical (unpaired) electrons. The van der Waals surface area contributed by atoms with E-state index in [1.807, 2.05) is 6.07 Å². The van der Waals surface area contributed by atoms with Gasteiger partial charge in [0.2, 0.25) is 0 Å². The number of hydrogen-bond donors (Lipinski definition) is 2. The number of phenols is 1. The van der Waals surface area contributed by atoms with Crippen LogP contribution in [-0.2, 0) is 6.42 Å². The lowest BCUT2D eigenvalue weighted by Crippen LogP contribution is -2.44. The summed E-state index contributed by atoms with van der Waals surface area (Å²) in [6, 6.07) is 3.69. The number of phenolic OH excluding ortho intramolecular Hbond substituents is 1. The van der Waals surface area contributed by atoms with E-state index in [1.165, 1.54) is 0 Å². The van der Waals surface area contributed by atoms with Crippen molar-refractivity contribution >= 4 is 15.9 Å². The van der Waals surface area contributed by atoms with Gasteiger partial charge in [-0.05, 0) is 18.6 Å². The molecule has 0 aliphatic carbocycles. The van der Waals surface area contributed by atoms with Crippen molar-refractivity contribution in [3.63, 3.8) is 0 Å². The van der Waals surface area contributed by atoms with E-state index in [9.17, 15) is 5.11 Å². The minimum atomic E-state index is 0.252. The van der Waals surface area contributed by atoms with Crippen molar-refractivity contribution in [2.24, 2.45) is 0 Å². The molecule has 0 atom stereocenters. The second kappa shape index (κ2) is 6.41. The number of methoxy groups -OCH3 is 1. The Kier molecular flexibility index (Phi) is 4.86. The van der Waals surface area contributed by atoms with E-state index in [0.29, 0.717) is 5.75 Å². The van der Waals surface area contributed by atoms with Gasteiger partial charge in [-0.3, -0.25) is 0 Å². The van der Waals surface area contributed by atoms with Gasteiger partial charge >= 0.3 is 0 Å². The SMILES string of the molecule is COc1ccc(Br)c(CCN2CCNCC2)c1O. The van der Waals surface area contributed by atoms with Crippen molar-refractivity contribution in [3.05, 3.63) is 22.2 Å². The summed E-state index contributed by atoms with van der Waals surface area (Å²) in [5.41, 5.74) is 0.924. The first-order valence-corrected chi connectivity index (χ1v) is 6.99. The van der Waals surface area contributed by atoms with Gasteiger partial charge in [0.05, 0.1) is 7.11 Å². The smallest absolute Gasteiger partial charge is 0.162 e. The molecule has 0 spiro atoms. The molecule has 0 bridgehead atoms. The third-order valence-electron chi connectivity index (χ3n) is 3.30. The van der Waals surface area contributed by atoms with Crippen LogP contribution in [0.3, 0.4) is 0 Å². The van der Waals surface area contributed by atoms with Gasteiger partial charge in [-0.25, -0.2) is 0 Å². The van der Waals surface area contributed by atoms with Gasteiger partial charge in [-0.1, -0.05) is 15.9 Å². The van der Waals surface area contributed by atoms with E-state index in [4.69, 9.17) is 4.74 Å². The average Bonchev–Trinajstić information content (AvgIpc) is 2.40. The number of rotatable bonds is 4. The van der Waals surface area contributed by atoms with Gasteiger partial charge in [0, 0.05) is 42.8 Å². The zero-order valence-electron chi connectivity index (χ0n) is 10.6. The van der Waals surface area contributed by atoms with E-state index in [-0.39, 0.29) is 5.75 Å². The number of aromatic hydroxyl groups is 1. The van der Waals surface area contributed by atoms with Gasteiger partial charge in [-0.2, -0.15) is 0 Å². The molecule has 1 aliphatic heterocycles. The van der Waals surface area contributed by atoms with Crippen LogP contribution in [0.15, 0.2) is 16.6 Å². The third-order valence-corrected chi connectivity index (χ3v) is 4.04. The first kappa shape index (κ1) is 13.6. The second-order valence-corrected chi connectivity index (χ2v) is 5.27. The van der Waals surface area contributed by atoms with Crippen molar-refractivity contribution in [1.82, 2.24) is 10.2 Å². The number of hydrogen-bond acceptors (Lipinski definition) is 4. The first-order valence-electron chi connectivity index (χ1n) is 6.19. The predicted molar refractivity (Wildman–Crippen MR) is 75.4 cm³/mol. The quantitative estimate of drug-likeness (QED) is 0.886. The van der Waals surface area contributed by atoms with E-state index in [0.717, 1.165) is 49.2 Å². The minimum Gasteiger partial charge on any atom is -0.504 e. The molecule has 1 fully saturated rings. The molecule has 5 heteroatoms. The summed E-state index contributed by atoms with van der Waals surface area (Å²) < 4.78 is 6.08. The zero-order chi connectivity index (χ0) is 13.0. The molecule has 1 saturated heterocycles. The topological polar surface area (TPSA) is 44.7 Å². The lowest BCUT2D eigenvalue weighted by atomic mass is 10.1. The van der Waals surface area contributed by atoms with Crippen LogP contribution < -0.4 is 10.1 Å². The Morgan fingerprint density at radius 3 is 2.78 bits per heavy atom. The molecular weight excluding hydrogens is 296 g/mol. The molecule has 0 amide bonds. The van der Waals surface area contributed by atoms with Crippen LogP contribution in [0.2, 0.25) is 0 Å². The maximum absolute atomic E-state index is 10.1. The highest BCUT2D eigenvalue weighted by atomic mass is 79.9. The zero-order valence-corrected chi connectivity index (χ0v) is 12.2. The lowest BCUT2D eigenvalue weighted by molar-refractivity contribution is 0.243. The van der Waals surface area contributed by atoms with Gasteiger partial charge in [-0.15, -0.1) is 0 Å². The molecule has 100 valence electrons. The van der Waals surface area contributed by atoms with E-state index < -0.39 is 0 Å². The molecule has 18 heavy (non-hydrogen) atoms. The lowest BCUT2D eigenvalue weighted by Gasteiger charge is -2.27. The number of ether oxygens (including phenoxy) is 1. The molecule has 4 nitrogen and oxygen atoms in total. The van der Waals surface area contributed by atoms with Crippen molar-refractivity contribution in [1.29, 1.82) is 0 Å². The summed E-state index contributed by atoms with van der Waals surface area (Å²) in [5, 5.41) is 13.4. The molecule has 1 aliphatic rings. The van der Waals surface area contributed by atoms with Crippen molar-refractivity contribution in [2.75, 3.05) is 39.8 Å². The third kappa shape index (κ3) is 3.16. The number of nitrogens with one attached hydrogen (secondary N) is 1. The summed E-state index contributed by atoms with van der Waals surface area (Å²) in [6.45, 7) is 5.20. The molecule has 1 heterocycles. The van der Waals surface area contributed by atoms with Crippen molar-refractivity contribution in [3.8, 4) is 11.5 Å². The molecule has 0 unspecified atom stereocenters. The second-order valence-electron chi connectivity index (χ2n) is 4.42. The Morgan fingerprint density at radius 1 is 1.39 bits per heavy atom. The van der Waals surface area contributed by atoms with Crippen LogP contribution >= 0.6 is 15.9 Å². The standard InChI is InChI=1S/C13H19BrN2O2/c1-18-12-3-2-11(14)10(13(12)17)4-7-16-8-5-15-6-9-16/h2-3,15,17H,4-9H2,1H3. The maximum atomic E-state index is 10.1. The van der Waals surface area contributed by atoms with Gasteiger partial charge in [0.25, 0.3) is 0 Å². The first-order chi connectivity index (χ1) is 8.72. The molecule has 1 aromatic carbocycles. The fourth-order valence-corrected chi connectivity index (χ4v) is 2.72. The molecule has 2 N–H and O–H groups in total. The maximum Gasteiger partial charge on any atom is 0.162 e. The fourth-order valence-electron chi connectivity index (χ4n) is 2.20. The van der Waals surface area contributed by atoms with E-state index in [2.05, 4.69) is 26.1 Å². The van der Waals surface area contributed by atoms with Gasteiger partial charge in [0.15, 0.2) is 11.5 Å². The summed E-state index contributed by atoms with van der Waals surface area (Å²) >= 11 is 3.49. The normalized spacial score (nSPS) is 16.8. The van der Waals surface area contributed by atoms with Crippen LogP contribution in [0.5, 0.6) is 11.5 Å². The van der Waals surface area contributed by atoms with Crippen LogP contribution in [0, 0.1) is 0 Å². The number of piperazine rings is 1. The van der Waals surface area contributed by atoms with Crippen LogP contribution in [0.25, 0.3) is 0 Å². The van der Waals surface area contributed by atoms with Crippen LogP contribution in [0.4, 0.5) is 0 Å².